The summed E-state index contributed by atoms with van der Waals surface area (Å²) in [5.41, 5.74) is 0.626. The minimum Gasteiger partial charge on any atom is -0.353 e. The highest BCUT2D eigenvalue weighted by molar-refractivity contribution is 5.80. The fourth-order valence-corrected chi connectivity index (χ4v) is 3.67. The summed E-state index contributed by atoms with van der Waals surface area (Å²) in [6.45, 7) is 9.09. The molecule has 0 saturated heterocycles. The van der Waals surface area contributed by atoms with Crippen LogP contribution in [-0.4, -0.2) is 11.9 Å². The largest absolute Gasteiger partial charge is 0.353 e. The van der Waals surface area contributed by atoms with Crippen molar-refractivity contribution in [2.75, 3.05) is 0 Å². The molecule has 2 aliphatic carbocycles. The molecular formula is C15H27NO. The number of carbonyl (C=O) groups excluding carboxylic acids is 1. The maximum Gasteiger partial charge on any atom is 0.223 e. The van der Waals surface area contributed by atoms with Gasteiger partial charge < -0.3 is 5.32 Å². The summed E-state index contributed by atoms with van der Waals surface area (Å²) in [7, 11) is 0. The van der Waals surface area contributed by atoms with Gasteiger partial charge in [-0.3, -0.25) is 4.79 Å². The Morgan fingerprint density at radius 1 is 1.12 bits per heavy atom. The number of hydrogen-bond donors (Lipinski definition) is 1. The number of carbonyl (C=O) groups is 1. The number of hydrogen-bond acceptors (Lipinski definition) is 1. The molecule has 2 nitrogen and oxygen atoms in total. The van der Waals surface area contributed by atoms with E-state index in [1.165, 1.54) is 19.3 Å². The molecule has 0 aromatic carbocycles. The Bertz CT molecular complexity index is 306. The van der Waals surface area contributed by atoms with Crippen LogP contribution >= 0.6 is 0 Å². The molecule has 0 bridgehead atoms. The summed E-state index contributed by atoms with van der Waals surface area (Å²) in [5.74, 6) is 0.557. The molecule has 2 unspecified atom stereocenters. The fourth-order valence-electron chi connectivity index (χ4n) is 3.67. The summed E-state index contributed by atoms with van der Waals surface area (Å²) in [6, 6.07) is 0.425. The van der Waals surface area contributed by atoms with Gasteiger partial charge in [-0.2, -0.15) is 0 Å². The zero-order chi connectivity index (χ0) is 12.7. The van der Waals surface area contributed by atoms with Crippen LogP contribution in [-0.2, 0) is 4.79 Å². The normalized spacial score (nSPS) is 34.8. The van der Waals surface area contributed by atoms with Gasteiger partial charge in [0.05, 0.1) is 0 Å². The molecule has 17 heavy (non-hydrogen) atoms. The van der Waals surface area contributed by atoms with Gasteiger partial charge in [0.2, 0.25) is 5.91 Å². The summed E-state index contributed by atoms with van der Waals surface area (Å²) in [5, 5.41) is 3.29. The molecule has 2 saturated carbocycles. The van der Waals surface area contributed by atoms with Gasteiger partial charge >= 0.3 is 0 Å². The second-order valence-electron chi connectivity index (χ2n) is 7.55. The highest BCUT2D eigenvalue weighted by atomic mass is 16.2. The number of rotatable bonds is 2. The Kier molecular flexibility index (Phi) is 3.26. The van der Waals surface area contributed by atoms with E-state index < -0.39 is 0 Å². The van der Waals surface area contributed by atoms with Gasteiger partial charge in [0.15, 0.2) is 0 Å². The third-order valence-corrected chi connectivity index (χ3v) is 4.89. The average Bonchev–Trinajstić information content (AvgIpc) is 2.68. The molecular weight excluding hydrogens is 210 g/mol. The van der Waals surface area contributed by atoms with Crippen molar-refractivity contribution in [3.8, 4) is 0 Å². The first-order chi connectivity index (χ1) is 7.80. The van der Waals surface area contributed by atoms with Crippen LogP contribution in [0.2, 0.25) is 0 Å². The maximum atomic E-state index is 12.3. The standard InChI is InChI=1S/C15H27NO/c1-14(2)9-7-11(10-14)16-13(17)12-6-5-8-15(12,3)4/h11-12H,5-10H2,1-4H3,(H,16,17). The van der Waals surface area contributed by atoms with Gasteiger partial charge in [-0.25, -0.2) is 0 Å². The Morgan fingerprint density at radius 3 is 2.29 bits per heavy atom. The van der Waals surface area contributed by atoms with E-state index in [0.717, 1.165) is 19.3 Å². The molecule has 2 atom stereocenters. The van der Waals surface area contributed by atoms with E-state index in [0.29, 0.717) is 17.4 Å². The van der Waals surface area contributed by atoms with Crippen molar-refractivity contribution in [3.05, 3.63) is 0 Å². The van der Waals surface area contributed by atoms with Crippen LogP contribution in [0.4, 0.5) is 0 Å². The summed E-state index contributed by atoms with van der Waals surface area (Å²) in [4.78, 5) is 12.3. The van der Waals surface area contributed by atoms with Crippen molar-refractivity contribution in [2.24, 2.45) is 16.7 Å². The van der Waals surface area contributed by atoms with Crippen LogP contribution in [0.3, 0.4) is 0 Å². The fraction of sp³-hybridized carbons (Fsp3) is 0.933. The van der Waals surface area contributed by atoms with E-state index in [-0.39, 0.29) is 11.3 Å². The minimum atomic E-state index is 0.207. The van der Waals surface area contributed by atoms with Gasteiger partial charge in [0.1, 0.15) is 0 Å². The highest BCUT2D eigenvalue weighted by Gasteiger charge is 2.41. The Labute approximate surface area is 106 Å². The van der Waals surface area contributed by atoms with Crippen molar-refractivity contribution >= 4 is 5.91 Å². The second kappa shape index (κ2) is 4.29. The number of amides is 1. The summed E-state index contributed by atoms with van der Waals surface area (Å²) < 4.78 is 0. The molecule has 98 valence electrons. The van der Waals surface area contributed by atoms with Crippen molar-refractivity contribution in [2.45, 2.75) is 72.3 Å². The van der Waals surface area contributed by atoms with E-state index in [2.05, 4.69) is 33.0 Å². The first-order valence-corrected chi connectivity index (χ1v) is 7.11. The van der Waals surface area contributed by atoms with Crippen LogP contribution in [0.5, 0.6) is 0 Å². The van der Waals surface area contributed by atoms with E-state index in [9.17, 15) is 4.79 Å². The maximum absolute atomic E-state index is 12.3. The van der Waals surface area contributed by atoms with Crippen molar-refractivity contribution in [3.63, 3.8) is 0 Å². The lowest BCUT2D eigenvalue weighted by Crippen LogP contribution is -2.41. The zero-order valence-corrected chi connectivity index (χ0v) is 11.8. The van der Waals surface area contributed by atoms with Crippen molar-refractivity contribution in [1.82, 2.24) is 5.32 Å². The lowest BCUT2D eigenvalue weighted by atomic mass is 9.81. The van der Waals surface area contributed by atoms with Crippen LogP contribution < -0.4 is 5.32 Å². The predicted molar refractivity (Wildman–Crippen MR) is 70.7 cm³/mol. The Hall–Kier alpha value is -0.530. The minimum absolute atomic E-state index is 0.207. The van der Waals surface area contributed by atoms with E-state index in [1.807, 2.05) is 0 Å². The molecule has 0 aromatic rings. The topological polar surface area (TPSA) is 29.1 Å². The second-order valence-corrected chi connectivity index (χ2v) is 7.55. The van der Waals surface area contributed by atoms with E-state index >= 15 is 0 Å². The Balaban J connectivity index is 1.90. The van der Waals surface area contributed by atoms with Crippen LogP contribution in [0.1, 0.15) is 66.2 Å². The molecule has 2 rings (SSSR count). The zero-order valence-electron chi connectivity index (χ0n) is 11.8. The predicted octanol–water partition coefficient (Wildman–Crippen LogP) is 3.51. The molecule has 0 aromatic heterocycles. The molecule has 2 aliphatic rings. The quantitative estimate of drug-likeness (QED) is 0.782. The van der Waals surface area contributed by atoms with Gasteiger partial charge in [-0.1, -0.05) is 34.1 Å². The van der Waals surface area contributed by atoms with E-state index in [1.54, 1.807) is 0 Å². The third kappa shape index (κ3) is 2.83. The smallest absolute Gasteiger partial charge is 0.223 e. The van der Waals surface area contributed by atoms with Crippen LogP contribution in [0.15, 0.2) is 0 Å². The molecule has 0 heterocycles. The Morgan fingerprint density at radius 2 is 1.82 bits per heavy atom. The van der Waals surface area contributed by atoms with Crippen molar-refractivity contribution < 1.29 is 4.79 Å². The molecule has 1 N–H and O–H groups in total. The average molecular weight is 237 g/mol. The monoisotopic (exact) mass is 237 g/mol. The van der Waals surface area contributed by atoms with E-state index in [4.69, 9.17) is 0 Å². The summed E-state index contributed by atoms with van der Waals surface area (Å²) in [6.07, 6.45) is 7.03. The number of nitrogens with one attached hydrogen (secondary N) is 1. The SMILES string of the molecule is CC1(C)CCC(NC(=O)C2CCCC2(C)C)C1. The molecule has 0 spiro atoms. The molecule has 1 amide bonds. The third-order valence-electron chi connectivity index (χ3n) is 4.89. The van der Waals surface area contributed by atoms with Gasteiger partial charge in [-0.05, 0) is 42.9 Å². The van der Waals surface area contributed by atoms with Crippen LogP contribution in [0, 0.1) is 16.7 Å². The highest BCUT2D eigenvalue weighted by Crippen LogP contribution is 2.43. The van der Waals surface area contributed by atoms with Crippen molar-refractivity contribution in [1.29, 1.82) is 0 Å². The molecule has 2 fully saturated rings. The van der Waals surface area contributed by atoms with Gasteiger partial charge in [-0.15, -0.1) is 0 Å². The van der Waals surface area contributed by atoms with Crippen LogP contribution in [0.25, 0.3) is 0 Å². The van der Waals surface area contributed by atoms with Gasteiger partial charge in [0.25, 0.3) is 0 Å². The lowest BCUT2D eigenvalue weighted by molar-refractivity contribution is -0.128. The molecule has 0 aliphatic heterocycles. The summed E-state index contributed by atoms with van der Waals surface area (Å²) >= 11 is 0. The molecule has 0 radical (unpaired) electrons. The first kappa shape index (κ1) is 12.9. The first-order valence-electron chi connectivity index (χ1n) is 7.11. The molecule has 2 heteroatoms. The lowest BCUT2D eigenvalue weighted by Gasteiger charge is -2.27. The van der Waals surface area contributed by atoms with Gasteiger partial charge in [0, 0.05) is 12.0 Å².